The van der Waals surface area contributed by atoms with Gasteiger partial charge in [0.2, 0.25) is 5.91 Å². The predicted molar refractivity (Wildman–Crippen MR) is 107 cm³/mol. The van der Waals surface area contributed by atoms with E-state index in [1.807, 2.05) is 18.2 Å². The van der Waals surface area contributed by atoms with Crippen LogP contribution in [0, 0.1) is 0 Å². The molecule has 6 nitrogen and oxygen atoms in total. The van der Waals surface area contributed by atoms with Crippen LogP contribution in [-0.4, -0.2) is 49.8 Å². The Balaban J connectivity index is 1.44. The van der Waals surface area contributed by atoms with Crippen molar-refractivity contribution in [2.45, 2.75) is 19.4 Å². The van der Waals surface area contributed by atoms with E-state index in [4.69, 9.17) is 0 Å². The molecule has 144 valence electrons. The molecule has 0 spiro atoms. The van der Waals surface area contributed by atoms with Crippen LogP contribution >= 0.6 is 0 Å². The lowest BCUT2D eigenvalue weighted by Crippen LogP contribution is -3.19. The van der Waals surface area contributed by atoms with Crippen molar-refractivity contribution in [3.63, 3.8) is 0 Å². The summed E-state index contributed by atoms with van der Waals surface area (Å²) >= 11 is 0. The number of hydrogen-bond donors (Lipinski definition) is 1. The summed E-state index contributed by atoms with van der Waals surface area (Å²) in [5, 5.41) is 0. The van der Waals surface area contributed by atoms with E-state index in [2.05, 4.69) is 17.0 Å². The number of Topliss-reactive ketones (excluding diaryl/α,β-unsaturated/α-hetero) is 1. The Labute approximate surface area is 164 Å². The number of nitrogens with one attached hydrogen (secondary N) is 1. The molecule has 4 rings (SSSR count). The summed E-state index contributed by atoms with van der Waals surface area (Å²) in [6.45, 7) is 4.89. The molecule has 2 saturated heterocycles. The quantitative estimate of drug-likeness (QED) is 0.635. The van der Waals surface area contributed by atoms with Gasteiger partial charge in [-0.1, -0.05) is 18.2 Å². The maximum atomic E-state index is 13.0. The highest BCUT2D eigenvalue weighted by Crippen LogP contribution is 2.23. The van der Waals surface area contributed by atoms with Crippen LogP contribution in [0.4, 0.5) is 11.4 Å². The summed E-state index contributed by atoms with van der Waals surface area (Å²) in [4.78, 5) is 41.8. The van der Waals surface area contributed by atoms with Gasteiger partial charge in [0.1, 0.15) is 0 Å². The topological polar surface area (TPSA) is 62.1 Å². The smallest absolute Gasteiger partial charge is 0.292 e. The molecule has 2 amide bonds. The van der Waals surface area contributed by atoms with Crippen LogP contribution in [-0.2, 0) is 9.59 Å². The number of imide groups is 1. The molecule has 2 aromatic carbocycles. The number of amides is 2. The first-order valence-corrected chi connectivity index (χ1v) is 9.67. The first-order valence-electron chi connectivity index (χ1n) is 9.67. The third kappa shape index (κ3) is 3.43. The van der Waals surface area contributed by atoms with Crippen molar-refractivity contribution >= 4 is 29.0 Å². The minimum absolute atomic E-state index is 0.0377. The van der Waals surface area contributed by atoms with Gasteiger partial charge in [-0.05, 0) is 43.3 Å². The molecule has 28 heavy (non-hydrogen) atoms. The number of hydrogen-bond acceptors (Lipinski definition) is 4. The van der Waals surface area contributed by atoms with Gasteiger partial charge < -0.3 is 9.80 Å². The van der Waals surface area contributed by atoms with Crippen molar-refractivity contribution in [2.24, 2.45) is 0 Å². The van der Waals surface area contributed by atoms with Crippen molar-refractivity contribution in [1.29, 1.82) is 0 Å². The summed E-state index contributed by atoms with van der Waals surface area (Å²) in [7, 11) is 0. The number of carbonyl (C=O) groups is 3. The zero-order valence-electron chi connectivity index (χ0n) is 15.9. The van der Waals surface area contributed by atoms with Crippen LogP contribution in [0.3, 0.4) is 0 Å². The predicted octanol–water partition coefficient (Wildman–Crippen LogP) is 0.926. The molecule has 0 bridgehead atoms. The molecule has 0 radical (unpaired) electrons. The molecular weight excluding hydrogens is 354 g/mol. The number of ketones is 1. The fraction of sp³-hybridized carbons (Fsp3) is 0.318. The molecule has 2 aliphatic heterocycles. The van der Waals surface area contributed by atoms with Gasteiger partial charge >= 0.3 is 0 Å². The standard InChI is InChI=1S/C22H23N3O3/c1-16(26)17-7-9-19(10-8-17)25-21(27)15-20(22(25)28)24-13-11-23(12-14-24)18-5-3-2-4-6-18/h2-10,20H,11-15H2,1H3/p+1/t20-/m0/s1. The fourth-order valence-corrected chi connectivity index (χ4v) is 4.11. The molecule has 1 N–H and O–H groups in total. The highest BCUT2D eigenvalue weighted by atomic mass is 16.2. The maximum absolute atomic E-state index is 13.0. The van der Waals surface area contributed by atoms with Gasteiger partial charge in [-0.2, -0.15) is 0 Å². The second-order valence-corrected chi connectivity index (χ2v) is 7.41. The third-order valence-electron chi connectivity index (χ3n) is 5.70. The summed E-state index contributed by atoms with van der Waals surface area (Å²) in [6.07, 6.45) is 0.244. The van der Waals surface area contributed by atoms with Gasteiger partial charge in [0.05, 0.1) is 38.3 Å². The number of quaternary nitrogens is 1. The summed E-state index contributed by atoms with van der Waals surface area (Å²) < 4.78 is 0. The zero-order chi connectivity index (χ0) is 19.7. The number of anilines is 2. The van der Waals surface area contributed by atoms with Crippen LogP contribution in [0.25, 0.3) is 0 Å². The van der Waals surface area contributed by atoms with Gasteiger partial charge in [-0.3, -0.25) is 14.4 Å². The number of carbonyl (C=O) groups excluding carboxylic acids is 3. The first-order chi connectivity index (χ1) is 13.5. The third-order valence-corrected chi connectivity index (χ3v) is 5.70. The van der Waals surface area contributed by atoms with E-state index in [-0.39, 0.29) is 30.1 Å². The monoisotopic (exact) mass is 378 g/mol. The number of nitrogens with zero attached hydrogens (tertiary/aromatic N) is 2. The van der Waals surface area contributed by atoms with E-state index in [1.54, 1.807) is 24.3 Å². The molecule has 2 aromatic rings. The second-order valence-electron chi connectivity index (χ2n) is 7.41. The van der Waals surface area contributed by atoms with E-state index in [9.17, 15) is 14.4 Å². The minimum Gasteiger partial charge on any atom is -0.360 e. The van der Waals surface area contributed by atoms with Crippen LogP contribution in [0.1, 0.15) is 23.7 Å². The molecule has 0 aromatic heterocycles. The van der Waals surface area contributed by atoms with Crippen LogP contribution in [0.2, 0.25) is 0 Å². The average Bonchev–Trinajstić information content (AvgIpc) is 3.03. The number of rotatable bonds is 4. The van der Waals surface area contributed by atoms with Crippen LogP contribution < -0.4 is 14.7 Å². The molecular formula is C22H24N3O3+. The molecule has 0 saturated carbocycles. The van der Waals surface area contributed by atoms with E-state index in [1.165, 1.54) is 22.4 Å². The van der Waals surface area contributed by atoms with Crippen molar-refractivity contribution < 1.29 is 19.3 Å². The Morgan fingerprint density at radius 2 is 1.57 bits per heavy atom. The summed E-state index contributed by atoms with van der Waals surface area (Å²) in [6, 6.07) is 16.6. The van der Waals surface area contributed by atoms with E-state index in [0.29, 0.717) is 11.3 Å². The van der Waals surface area contributed by atoms with Crippen molar-refractivity contribution in [3.05, 3.63) is 60.2 Å². The van der Waals surface area contributed by atoms with Gasteiger partial charge in [-0.25, -0.2) is 4.90 Å². The molecule has 6 heteroatoms. The van der Waals surface area contributed by atoms with Crippen molar-refractivity contribution in [3.8, 4) is 0 Å². The first kappa shape index (κ1) is 18.4. The van der Waals surface area contributed by atoms with Gasteiger partial charge in [-0.15, -0.1) is 0 Å². The van der Waals surface area contributed by atoms with E-state index < -0.39 is 0 Å². The largest absolute Gasteiger partial charge is 0.360 e. The Morgan fingerprint density at radius 3 is 2.18 bits per heavy atom. The average molecular weight is 378 g/mol. The Kier molecular flexibility index (Phi) is 4.96. The zero-order valence-corrected chi connectivity index (χ0v) is 15.9. The van der Waals surface area contributed by atoms with Crippen LogP contribution in [0.5, 0.6) is 0 Å². The van der Waals surface area contributed by atoms with Crippen molar-refractivity contribution in [2.75, 3.05) is 36.0 Å². The number of benzene rings is 2. The highest BCUT2D eigenvalue weighted by Gasteiger charge is 2.46. The van der Waals surface area contributed by atoms with Crippen LogP contribution in [0.15, 0.2) is 54.6 Å². The maximum Gasteiger partial charge on any atom is 0.292 e. The molecule has 2 fully saturated rings. The summed E-state index contributed by atoms with van der Waals surface area (Å²) in [5.74, 6) is -0.337. The van der Waals surface area contributed by atoms with Gasteiger partial charge in [0.25, 0.3) is 5.91 Å². The Morgan fingerprint density at radius 1 is 0.929 bits per heavy atom. The van der Waals surface area contributed by atoms with E-state index >= 15 is 0 Å². The Hall–Kier alpha value is -2.99. The van der Waals surface area contributed by atoms with Gasteiger partial charge in [0.15, 0.2) is 11.8 Å². The lowest BCUT2D eigenvalue weighted by atomic mass is 10.1. The van der Waals surface area contributed by atoms with Crippen molar-refractivity contribution in [1.82, 2.24) is 0 Å². The SMILES string of the molecule is CC(=O)c1ccc(N2C(=O)C[C@H]([NH+]3CCN(c4ccccc4)CC3)C2=O)cc1. The molecule has 0 unspecified atom stereocenters. The molecule has 0 aliphatic carbocycles. The lowest BCUT2D eigenvalue weighted by molar-refractivity contribution is -0.915. The summed E-state index contributed by atoms with van der Waals surface area (Å²) in [5.41, 5.74) is 2.31. The molecule has 2 aliphatic rings. The molecule has 2 heterocycles. The fourth-order valence-electron chi connectivity index (χ4n) is 4.11. The van der Waals surface area contributed by atoms with Gasteiger partial charge in [0, 0.05) is 11.3 Å². The number of piperazine rings is 1. The van der Waals surface area contributed by atoms with E-state index in [0.717, 1.165) is 26.2 Å². The normalized spacial score (nSPS) is 20.7. The molecule has 1 atom stereocenters. The highest BCUT2D eigenvalue weighted by molar-refractivity contribution is 6.22. The lowest BCUT2D eigenvalue weighted by Gasteiger charge is -2.35. The number of para-hydroxylation sites is 1. The Bertz CT molecular complexity index is 887. The minimum atomic E-state index is -0.321. The second kappa shape index (κ2) is 7.56.